The van der Waals surface area contributed by atoms with Crippen LogP contribution in [0.3, 0.4) is 0 Å². The quantitative estimate of drug-likeness (QED) is 0.536. The van der Waals surface area contributed by atoms with E-state index in [1.807, 2.05) is 0 Å². The lowest BCUT2D eigenvalue weighted by molar-refractivity contribution is 0.608. The largest absolute Gasteiger partial charge is 0.396 e. The van der Waals surface area contributed by atoms with Crippen molar-refractivity contribution in [2.45, 2.75) is 0 Å². The molecule has 0 aromatic heterocycles. The van der Waals surface area contributed by atoms with E-state index in [0.29, 0.717) is 0 Å². The first kappa shape index (κ1) is 6.80. The molecule has 2 nitrogen and oxygen atoms in total. The zero-order valence-electron chi connectivity index (χ0n) is 5.07. The second-order valence-electron chi connectivity index (χ2n) is 1.90. The SMILES string of the molecule is Nc1cc(F)cc(N)c1F. The summed E-state index contributed by atoms with van der Waals surface area (Å²) in [4.78, 5) is 0. The fraction of sp³-hybridized carbons (Fsp3) is 0. The number of nitrogen functional groups attached to an aromatic ring is 2. The zero-order chi connectivity index (χ0) is 7.72. The van der Waals surface area contributed by atoms with Gasteiger partial charge in [0.1, 0.15) is 5.82 Å². The normalized spacial score (nSPS) is 9.80. The topological polar surface area (TPSA) is 52.0 Å². The van der Waals surface area contributed by atoms with Crippen LogP contribution in [0, 0.1) is 11.6 Å². The molecule has 1 aromatic rings. The van der Waals surface area contributed by atoms with Crippen LogP contribution in [0.25, 0.3) is 0 Å². The summed E-state index contributed by atoms with van der Waals surface area (Å²) in [6.07, 6.45) is 0. The van der Waals surface area contributed by atoms with Gasteiger partial charge in [-0.15, -0.1) is 0 Å². The summed E-state index contributed by atoms with van der Waals surface area (Å²) < 4.78 is 24.8. The average Bonchev–Trinajstić information content (AvgIpc) is 1.82. The maximum atomic E-state index is 12.5. The number of hydrogen-bond acceptors (Lipinski definition) is 2. The fourth-order valence-corrected chi connectivity index (χ4v) is 0.632. The fourth-order valence-electron chi connectivity index (χ4n) is 0.632. The van der Waals surface area contributed by atoms with Gasteiger partial charge in [0.25, 0.3) is 0 Å². The molecular weight excluding hydrogens is 138 g/mol. The highest BCUT2D eigenvalue weighted by Crippen LogP contribution is 2.18. The Hall–Kier alpha value is -1.32. The second kappa shape index (κ2) is 2.13. The first-order chi connectivity index (χ1) is 4.61. The number of anilines is 2. The molecule has 4 N–H and O–H groups in total. The minimum Gasteiger partial charge on any atom is -0.396 e. The smallest absolute Gasteiger partial charge is 0.169 e. The monoisotopic (exact) mass is 144 g/mol. The lowest BCUT2D eigenvalue weighted by Crippen LogP contribution is -1.97. The minimum atomic E-state index is -0.763. The van der Waals surface area contributed by atoms with E-state index < -0.39 is 11.6 Å². The van der Waals surface area contributed by atoms with E-state index in [1.165, 1.54) is 0 Å². The number of hydrogen-bond donors (Lipinski definition) is 2. The van der Waals surface area contributed by atoms with Crippen LogP contribution in [-0.4, -0.2) is 0 Å². The second-order valence-corrected chi connectivity index (χ2v) is 1.90. The molecule has 0 aliphatic heterocycles. The summed E-state index contributed by atoms with van der Waals surface area (Å²) in [6, 6.07) is 1.76. The Bertz CT molecular complexity index is 237. The summed E-state index contributed by atoms with van der Waals surface area (Å²) >= 11 is 0. The molecule has 1 rings (SSSR count). The molecule has 1 aromatic carbocycles. The van der Waals surface area contributed by atoms with Crippen LogP contribution >= 0.6 is 0 Å². The van der Waals surface area contributed by atoms with Gasteiger partial charge in [-0.25, -0.2) is 8.78 Å². The van der Waals surface area contributed by atoms with Gasteiger partial charge in [-0.2, -0.15) is 0 Å². The Morgan fingerprint density at radius 3 is 1.80 bits per heavy atom. The van der Waals surface area contributed by atoms with Gasteiger partial charge >= 0.3 is 0 Å². The van der Waals surface area contributed by atoms with E-state index in [4.69, 9.17) is 11.5 Å². The van der Waals surface area contributed by atoms with Gasteiger partial charge < -0.3 is 11.5 Å². The van der Waals surface area contributed by atoms with Crippen LogP contribution in [0.15, 0.2) is 12.1 Å². The molecule has 0 atom stereocenters. The highest BCUT2D eigenvalue weighted by atomic mass is 19.1. The Morgan fingerprint density at radius 1 is 1.00 bits per heavy atom. The Balaban J connectivity index is 3.31. The highest BCUT2D eigenvalue weighted by Gasteiger charge is 2.03. The number of nitrogens with two attached hydrogens (primary N) is 2. The van der Waals surface area contributed by atoms with Crippen LogP contribution in [0.1, 0.15) is 0 Å². The van der Waals surface area contributed by atoms with E-state index in [2.05, 4.69) is 0 Å². The average molecular weight is 144 g/mol. The predicted octanol–water partition coefficient (Wildman–Crippen LogP) is 1.13. The molecule has 0 aliphatic rings. The Morgan fingerprint density at radius 2 is 1.40 bits per heavy atom. The molecule has 10 heavy (non-hydrogen) atoms. The van der Waals surface area contributed by atoms with E-state index in [-0.39, 0.29) is 11.4 Å². The molecule has 0 amide bonds. The summed E-state index contributed by atoms with van der Waals surface area (Å²) in [5.41, 5.74) is 9.52. The molecule has 0 saturated carbocycles. The Kier molecular flexibility index (Phi) is 1.45. The Labute approximate surface area is 56.4 Å². The van der Waals surface area contributed by atoms with Gasteiger partial charge in [0.05, 0.1) is 11.4 Å². The zero-order valence-corrected chi connectivity index (χ0v) is 5.07. The lowest BCUT2D eigenvalue weighted by Gasteiger charge is -1.98. The molecular formula is C6H6F2N2. The van der Waals surface area contributed by atoms with Crippen LogP contribution < -0.4 is 11.5 Å². The molecule has 0 fully saturated rings. The predicted molar refractivity (Wildman–Crippen MR) is 35.2 cm³/mol. The molecule has 0 unspecified atom stereocenters. The van der Waals surface area contributed by atoms with Crippen molar-refractivity contribution in [3.63, 3.8) is 0 Å². The van der Waals surface area contributed by atoms with E-state index in [0.717, 1.165) is 12.1 Å². The third-order valence-corrected chi connectivity index (χ3v) is 1.09. The lowest BCUT2D eigenvalue weighted by atomic mass is 10.2. The van der Waals surface area contributed by atoms with Crippen LogP contribution in [-0.2, 0) is 0 Å². The van der Waals surface area contributed by atoms with E-state index in [9.17, 15) is 8.78 Å². The van der Waals surface area contributed by atoms with Crippen molar-refractivity contribution in [3.05, 3.63) is 23.8 Å². The van der Waals surface area contributed by atoms with Crippen molar-refractivity contribution in [2.75, 3.05) is 11.5 Å². The maximum Gasteiger partial charge on any atom is 0.169 e. The molecule has 0 saturated heterocycles. The van der Waals surface area contributed by atoms with Crippen molar-refractivity contribution < 1.29 is 8.78 Å². The van der Waals surface area contributed by atoms with E-state index >= 15 is 0 Å². The minimum absolute atomic E-state index is 0.266. The third kappa shape index (κ3) is 1.00. The van der Waals surface area contributed by atoms with Gasteiger partial charge in [-0.1, -0.05) is 0 Å². The van der Waals surface area contributed by atoms with Crippen molar-refractivity contribution in [1.82, 2.24) is 0 Å². The van der Waals surface area contributed by atoms with Crippen LogP contribution in [0.2, 0.25) is 0 Å². The standard InChI is InChI=1S/C6H6F2N2/c7-3-1-4(9)6(8)5(10)2-3/h1-2H,9-10H2. The first-order valence-electron chi connectivity index (χ1n) is 2.61. The van der Waals surface area contributed by atoms with E-state index in [1.54, 1.807) is 0 Å². The highest BCUT2D eigenvalue weighted by molar-refractivity contribution is 5.53. The molecule has 0 radical (unpaired) electrons. The summed E-state index contributed by atoms with van der Waals surface area (Å²) in [5, 5.41) is 0. The maximum absolute atomic E-state index is 12.5. The van der Waals surface area contributed by atoms with Gasteiger partial charge in [0, 0.05) is 0 Å². The van der Waals surface area contributed by atoms with Crippen molar-refractivity contribution in [3.8, 4) is 0 Å². The molecule has 0 bridgehead atoms. The van der Waals surface area contributed by atoms with Gasteiger partial charge in [-0.05, 0) is 12.1 Å². The molecule has 0 aliphatic carbocycles. The van der Waals surface area contributed by atoms with Crippen molar-refractivity contribution in [2.24, 2.45) is 0 Å². The van der Waals surface area contributed by atoms with Crippen molar-refractivity contribution in [1.29, 1.82) is 0 Å². The molecule has 0 spiro atoms. The summed E-state index contributed by atoms with van der Waals surface area (Å²) in [6.45, 7) is 0. The third-order valence-electron chi connectivity index (χ3n) is 1.09. The van der Waals surface area contributed by atoms with Crippen LogP contribution in [0.4, 0.5) is 20.2 Å². The van der Waals surface area contributed by atoms with Crippen molar-refractivity contribution >= 4 is 11.4 Å². The van der Waals surface area contributed by atoms with Gasteiger partial charge in [0.2, 0.25) is 0 Å². The first-order valence-corrected chi connectivity index (χ1v) is 2.61. The summed E-state index contributed by atoms with van der Waals surface area (Å²) in [7, 11) is 0. The molecule has 4 heteroatoms. The number of benzene rings is 1. The molecule has 54 valence electrons. The van der Waals surface area contributed by atoms with Gasteiger partial charge in [-0.3, -0.25) is 0 Å². The number of halogens is 2. The summed E-state index contributed by atoms with van der Waals surface area (Å²) in [5.74, 6) is -1.39. The number of rotatable bonds is 0. The van der Waals surface area contributed by atoms with Gasteiger partial charge in [0.15, 0.2) is 5.82 Å². The van der Waals surface area contributed by atoms with Crippen LogP contribution in [0.5, 0.6) is 0 Å². The molecule has 0 heterocycles.